The molecule has 0 bridgehead atoms. The smallest absolute Gasteiger partial charge is 0.322 e. The lowest BCUT2D eigenvalue weighted by atomic mass is 9.86. The minimum absolute atomic E-state index is 0.183. The maximum Gasteiger partial charge on any atom is 0.471 e. The number of carbonyl (C=O) groups excluding carboxylic acids is 2. The molecule has 0 aliphatic heterocycles. The van der Waals surface area contributed by atoms with Crippen molar-refractivity contribution < 1.29 is 22.8 Å². The van der Waals surface area contributed by atoms with E-state index in [0.717, 1.165) is 5.56 Å². The number of carbonyl (C=O) groups is 2. The van der Waals surface area contributed by atoms with E-state index in [2.05, 4.69) is 0 Å². The molecule has 1 amide bonds. The van der Waals surface area contributed by atoms with Crippen LogP contribution in [0.25, 0.3) is 0 Å². The molecule has 122 valence electrons. The van der Waals surface area contributed by atoms with Crippen molar-refractivity contribution in [2.24, 2.45) is 0 Å². The second-order valence-corrected chi connectivity index (χ2v) is 6.39. The zero-order valence-electron chi connectivity index (χ0n) is 12.5. The fourth-order valence-electron chi connectivity index (χ4n) is 1.89. The van der Waals surface area contributed by atoms with Gasteiger partial charge in [0, 0.05) is 6.54 Å². The Hall–Kier alpha value is -1.56. The van der Waals surface area contributed by atoms with Crippen molar-refractivity contribution >= 4 is 22.8 Å². The van der Waals surface area contributed by atoms with E-state index in [-0.39, 0.29) is 12.0 Å². The van der Waals surface area contributed by atoms with Gasteiger partial charge in [0.2, 0.25) is 5.24 Å². The molecule has 0 radical (unpaired) electrons. The summed E-state index contributed by atoms with van der Waals surface area (Å²) in [7, 11) is 0. The molecular weight excluding hydrogens is 319 g/mol. The molecule has 0 aliphatic rings. The molecule has 0 saturated carbocycles. The number of rotatable bonds is 4. The van der Waals surface area contributed by atoms with Crippen LogP contribution in [0.5, 0.6) is 0 Å². The van der Waals surface area contributed by atoms with E-state index in [1.807, 2.05) is 26.8 Å². The van der Waals surface area contributed by atoms with Crippen molar-refractivity contribution in [2.45, 2.75) is 38.9 Å². The van der Waals surface area contributed by atoms with Crippen LogP contribution in [0.15, 0.2) is 24.3 Å². The van der Waals surface area contributed by atoms with Gasteiger partial charge in [0.25, 0.3) is 0 Å². The van der Waals surface area contributed by atoms with E-state index in [1.54, 1.807) is 18.2 Å². The molecule has 0 unspecified atom stereocenters. The zero-order chi connectivity index (χ0) is 17.1. The minimum Gasteiger partial charge on any atom is -0.322 e. The first-order valence-electron chi connectivity index (χ1n) is 6.55. The van der Waals surface area contributed by atoms with Crippen LogP contribution in [-0.2, 0) is 21.5 Å². The molecule has 1 rings (SSSR count). The molecule has 0 saturated heterocycles. The van der Waals surface area contributed by atoms with Crippen LogP contribution >= 0.6 is 11.6 Å². The number of alkyl halides is 3. The van der Waals surface area contributed by atoms with Crippen molar-refractivity contribution in [3.63, 3.8) is 0 Å². The Morgan fingerprint density at radius 3 is 2.23 bits per heavy atom. The molecule has 0 atom stereocenters. The van der Waals surface area contributed by atoms with E-state index in [0.29, 0.717) is 10.5 Å². The average Bonchev–Trinajstić information content (AvgIpc) is 2.34. The van der Waals surface area contributed by atoms with Gasteiger partial charge in [-0.25, -0.2) is 0 Å². The summed E-state index contributed by atoms with van der Waals surface area (Å²) in [5, 5.41) is -1.02. The van der Waals surface area contributed by atoms with Crippen LogP contribution in [0.1, 0.15) is 31.9 Å². The summed E-state index contributed by atoms with van der Waals surface area (Å²) in [6.45, 7) is 4.77. The lowest BCUT2D eigenvalue weighted by Crippen LogP contribution is -2.42. The van der Waals surface area contributed by atoms with Crippen molar-refractivity contribution in [3.8, 4) is 0 Å². The Morgan fingerprint density at radius 1 is 1.18 bits per heavy atom. The van der Waals surface area contributed by atoms with Crippen molar-refractivity contribution in [3.05, 3.63) is 35.4 Å². The van der Waals surface area contributed by atoms with Gasteiger partial charge in [-0.15, -0.1) is 0 Å². The van der Waals surface area contributed by atoms with Crippen LogP contribution in [0, 0.1) is 0 Å². The van der Waals surface area contributed by atoms with Crippen molar-refractivity contribution in [2.75, 3.05) is 6.54 Å². The SMILES string of the molecule is CC(C)(C)c1cccc(CN(CC(=O)Cl)C(=O)C(F)(F)F)c1. The Balaban J connectivity index is 3.05. The van der Waals surface area contributed by atoms with Crippen LogP contribution in [0.2, 0.25) is 0 Å². The van der Waals surface area contributed by atoms with E-state index < -0.39 is 23.9 Å². The molecule has 22 heavy (non-hydrogen) atoms. The summed E-state index contributed by atoms with van der Waals surface area (Å²) >= 11 is 5.14. The van der Waals surface area contributed by atoms with Gasteiger partial charge in [0.15, 0.2) is 0 Å². The highest BCUT2D eigenvalue weighted by Crippen LogP contribution is 2.24. The normalized spacial score (nSPS) is 12.1. The van der Waals surface area contributed by atoms with Gasteiger partial charge in [0.1, 0.15) is 0 Å². The van der Waals surface area contributed by atoms with Gasteiger partial charge in [-0.05, 0) is 28.1 Å². The summed E-state index contributed by atoms with van der Waals surface area (Å²) in [4.78, 5) is 22.7. The number of benzene rings is 1. The maximum absolute atomic E-state index is 12.6. The van der Waals surface area contributed by atoms with Gasteiger partial charge >= 0.3 is 12.1 Å². The Bertz CT molecular complexity index is 565. The standard InChI is InChI=1S/C15H17ClF3NO2/c1-14(2,3)11-6-4-5-10(7-11)8-20(9-12(16)21)13(22)15(17,18)19/h4-7H,8-9H2,1-3H3. The molecule has 0 fully saturated rings. The summed E-state index contributed by atoms with van der Waals surface area (Å²) in [5.41, 5.74) is 1.24. The monoisotopic (exact) mass is 335 g/mol. The lowest BCUT2D eigenvalue weighted by Gasteiger charge is -2.24. The molecule has 0 spiro atoms. The average molecular weight is 336 g/mol. The Labute approximate surface area is 132 Å². The van der Waals surface area contributed by atoms with Crippen LogP contribution < -0.4 is 0 Å². The summed E-state index contributed by atoms with van der Waals surface area (Å²) < 4.78 is 37.7. The lowest BCUT2D eigenvalue weighted by molar-refractivity contribution is -0.186. The molecule has 0 heterocycles. The van der Waals surface area contributed by atoms with Gasteiger partial charge in [-0.1, -0.05) is 45.0 Å². The molecule has 0 aliphatic carbocycles. The van der Waals surface area contributed by atoms with Gasteiger partial charge in [0.05, 0.1) is 6.54 Å². The number of hydrogen-bond acceptors (Lipinski definition) is 2. The maximum atomic E-state index is 12.6. The summed E-state index contributed by atoms with van der Waals surface area (Å²) in [6.07, 6.45) is -5.05. The molecule has 1 aromatic rings. The van der Waals surface area contributed by atoms with Crippen molar-refractivity contribution in [1.29, 1.82) is 0 Å². The largest absolute Gasteiger partial charge is 0.471 e. The molecule has 1 aromatic carbocycles. The van der Waals surface area contributed by atoms with Crippen LogP contribution in [0.4, 0.5) is 13.2 Å². The van der Waals surface area contributed by atoms with E-state index in [9.17, 15) is 22.8 Å². The molecule has 0 aromatic heterocycles. The fraction of sp³-hybridized carbons (Fsp3) is 0.467. The molecule has 0 N–H and O–H groups in total. The first-order chi connectivity index (χ1) is 9.91. The molecule has 7 heteroatoms. The third-order valence-electron chi connectivity index (χ3n) is 3.01. The first kappa shape index (κ1) is 18.5. The highest BCUT2D eigenvalue weighted by atomic mass is 35.5. The number of amides is 1. The van der Waals surface area contributed by atoms with Crippen LogP contribution in [-0.4, -0.2) is 28.8 Å². The number of hydrogen-bond donors (Lipinski definition) is 0. The minimum atomic E-state index is -5.05. The Morgan fingerprint density at radius 2 is 1.77 bits per heavy atom. The van der Waals surface area contributed by atoms with E-state index in [4.69, 9.17) is 11.6 Å². The zero-order valence-corrected chi connectivity index (χ0v) is 13.3. The topological polar surface area (TPSA) is 37.4 Å². The molecular formula is C15H17ClF3NO2. The highest BCUT2D eigenvalue weighted by molar-refractivity contribution is 6.64. The third kappa shape index (κ3) is 5.33. The van der Waals surface area contributed by atoms with Gasteiger partial charge in [-0.2, -0.15) is 13.2 Å². The predicted octanol–water partition coefficient (Wildman–Crippen LogP) is 3.64. The molecule has 3 nitrogen and oxygen atoms in total. The number of halogens is 4. The predicted molar refractivity (Wildman–Crippen MR) is 77.5 cm³/mol. The highest BCUT2D eigenvalue weighted by Gasteiger charge is 2.42. The van der Waals surface area contributed by atoms with E-state index in [1.165, 1.54) is 0 Å². The second kappa shape index (κ2) is 6.69. The number of nitrogens with zero attached hydrogens (tertiary/aromatic N) is 1. The Kier molecular flexibility index (Phi) is 5.62. The second-order valence-electron chi connectivity index (χ2n) is 5.96. The first-order valence-corrected chi connectivity index (χ1v) is 6.93. The quantitative estimate of drug-likeness (QED) is 0.788. The van der Waals surface area contributed by atoms with Gasteiger partial charge in [-0.3, -0.25) is 9.59 Å². The third-order valence-corrected chi connectivity index (χ3v) is 3.13. The summed E-state index contributed by atoms with van der Waals surface area (Å²) in [6, 6.07) is 6.88. The fourth-order valence-corrected chi connectivity index (χ4v) is 2.03. The van der Waals surface area contributed by atoms with Crippen LogP contribution in [0.3, 0.4) is 0 Å². The van der Waals surface area contributed by atoms with Crippen molar-refractivity contribution in [1.82, 2.24) is 4.90 Å². The summed E-state index contributed by atoms with van der Waals surface area (Å²) in [5.74, 6) is -2.08. The van der Waals surface area contributed by atoms with E-state index >= 15 is 0 Å². The van der Waals surface area contributed by atoms with Gasteiger partial charge < -0.3 is 4.90 Å².